The van der Waals surface area contributed by atoms with Crippen LogP contribution in [0.2, 0.25) is 0 Å². The summed E-state index contributed by atoms with van der Waals surface area (Å²) in [6.45, 7) is 2.09. The summed E-state index contributed by atoms with van der Waals surface area (Å²) < 4.78 is 11.0. The Morgan fingerprint density at radius 1 is 1.08 bits per heavy atom. The molecule has 3 aromatic rings. The number of anilines is 1. The van der Waals surface area contributed by atoms with E-state index in [4.69, 9.17) is 14.5 Å². The molecule has 1 N–H and O–H groups in total. The number of benzene rings is 2. The second-order valence-corrected chi connectivity index (χ2v) is 5.82. The number of methoxy groups -OCH3 is 2. The second kappa shape index (κ2) is 5.57. The minimum Gasteiger partial charge on any atom is -0.493 e. The van der Waals surface area contributed by atoms with Gasteiger partial charge in [-0.25, -0.2) is 0 Å². The van der Waals surface area contributed by atoms with Crippen molar-refractivity contribution in [3.05, 3.63) is 53.9 Å². The van der Waals surface area contributed by atoms with E-state index in [9.17, 15) is 0 Å². The van der Waals surface area contributed by atoms with E-state index >= 15 is 0 Å². The van der Waals surface area contributed by atoms with Gasteiger partial charge in [-0.1, -0.05) is 29.8 Å². The third kappa shape index (κ3) is 2.11. The first-order valence-corrected chi connectivity index (χ1v) is 7.80. The molecule has 2 heterocycles. The van der Waals surface area contributed by atoms with E-state index in [0.29, 0.717) is 11.5 Å². The van der Waals surface area contributed by atoms with Crippen molar-refractivity contribution in [2.75, 3.05) is 19.5 Å². The van der Waals surface area contributed by atoms with Crippen molar-refractivity contribution in [2.24, 2.45) is 0 Å². The summed E-state index contributed by atoms with van der Waals surface area (Å²) >= 11 is 0. The molecule has 0 atom stereocenters. The van der Waals surface area contributed by atoms with Crippen LogP contribution in [-0.4, -0.2) is 19.2 Å². The van der Waals surface area contributed by atoms with Gasteiger partial charge in [0.05, 0.1) is 19.9 Å². The molecule has 0 bridgehead atoms. The molecule has 0 aliphatic carbocycles. The molecule has 4 rings (SSSR count). The molecule has 120 valence electrons. The Kier molecular flexibility index (Phi) is 3.38. The van der Waals surface area contributed by atoms with E-state index in [1.54, 1.807) is 14.2 Å². The second-order valence-electron chi connectivity index (χ2n) is 5.82. The number of hydrogen-bond donors (Lipinski definition) is 1. The van der Waals surface area contributed by atoms with Crippen molar-refractivity contribution in [3.63, 3.8) is 0 Å². The van der Waals surface area contributed by atoms with Crippen LogP contribution in [0.5, 0.6) is 11.5 Å². The zero-order valence-corrected chi connectivity index (χ0v) is 13.9. The van der Waals surface area contributed by atoms with Crippen molar-refractivity contribution in [1.29, 1.82) is 0 Å². The summed E-state index contributed by atoms with van der Waals surface area (Å²) in [5.74, 6) is 1.35. The Morgan fingerprint density at radius 2 is 1.96 bits per heavy atom. The number of nitrogens with one attached hydrogen (secondary N) is 1. The Bertz CT molecular complexity index is 977. The van der Waals surface area contributed by atoms with E-state index < -0.39 is 0 Å². The van der Waals surface area contributed by atoms with Gasteiger partial charge in [-0.3, -0.25) is 4.98 Å². The van der Waals surface area contributed by atoms with Gasteiger partial charge in [0.25, 0.3) is 0 Å². The van der Waals surface area contributed by atoms with Crippen LogP contribution in [0.15, 0.2) is 42.7 Å². The first kappa shape index (κ1) is 14.6. The largest absolute Gasteiger partial charge is 0.493 e. The molecule has 4 heteroatoms. The molecule has 24 heavy (non-hydrogen) atoms. The van der Waals surface area contributed by atoms with Crippen LogP contribution < -0.4 is 14.8 Å². The average molecular weight is 318 g/mol. The van der Waals surface area contributed by atoms with Crippen LogP contribution in [0, 0.1) is 6.92 Å². The molecule has 1 aliphatic rings. The van der Waals surface area contributed by atoms with E-state index in [2.05, 4.69) is 36.5 Å². The maximum Gasteiger partial charge on any atom is 0.187 e. The lowest BCUT2D eigenvalue weighted by molar-refractivity contribution is 0.358. The zero-order valence-electron chi connectivity index (χ0n) is 13.9. The molecule has 0 saturated carbocycles. The molecule has 0 fully saturated rings. The number of aryl methyl sites for hydroxylation is 1. The number of pyridine rings is 1. The fourth-order valence-electron chi connectivity index (χ4n) is 3.24. The van der Waals surface area contributed by atoms with Crippen LogP contribution in [-0.2, 0) is 0 Å². The quantitative estimate of drug-likeness (QED) is 0.765. The predicted octanol–water partition coefficient (Wildman–Crippen LogP) is 4.62. The van der Waals surface area contributed by atoms with Gasteiger partial charge in [-0.15, -0.1) is 0 Å². The smallest absolute Gasteiger partial charge is 0.187 e. The molecule has 1 aliphatic heterocycles. The van der Waals surface area contributed by atoms with Crippen LogP contribution in [0.4, 0.5) is 5.69 Å². The highest BCUT2D eigenvalue weighted by Gasteiger charge is 2.21. The van der Waals surface area contributed by atoms with Gasteiger partial charge in [0.15, 0.2) is 11.5 Å². The number of hydrogen-bond acceptors (Lipinski definition) is 4. The Labute approximate surface area is 140 Å². The van der Waals surface area contributed by atoms with E-state index in [0.717, 1.165) is 33.3 Å². The molecule has 0 spiro atoms. The van der Waals surface area contributed by atoms with Crippen molar-refractivity contribution >= 4 is 22.7 Å². The molecular weight excluding hydrogens is 300 g/mol. The van der Waals surface area contributed by atoms with E-state index in [-0.39, 0.29) is 0 Å². The minimum atomic E-state index is 0.658. The summed E-state index contributed by atoms with van der Waals surface area (Å²) in [6, 6.07) is 10.4. The lowest BCUT2D eigenvalue weighted by atomic mass is 9.96. The first-order chi connectivity index (χ1) is 11.7. The predicted molar refractivity (Wildman–Crippen MR) is 97.7 cm³/mol. The minimum absolute atomic E-state index is 0.658. The van der Waals surface area contributed by atoms with Crippen molar-refractivity contribution in [2.45, 2.75) is 6.92 Å². The molecule has 4 nitrogen and oxygen atoms in total. The summed E-state index contributed by atoms with van der Waals surface area (Å²) in [5.41, 5.74) is 6.35. The zero-order chi connectivity index (χ0) is 16.7. The van der Waals surface area contributed by atoms with Crippen molar-refractivity contribution in [1.82, 2.24) is 4.98 Å². The van der Waals surface area contributed by atoms with Gasteiger partial charge in [0.2, 0.25) is 0 Å². The summed E-state index contributed by atoms with van der Waals surface area (Å²) in [5, 5.41) is 4.44. The number of nitrogens with zero attached hydrogens (tertiary/aromatic N) is 1. The topological polar surface area (TPSA) is 43.4 Å². The van der Waals surface area contributed by atoms with Gasteiger partial charge in [-0.2, -0.15) is 0 Å². The van der Waals surface area contributed by atoms with Crippen molar-refractivity contribution in [3.8, 4) is 22.6 Å². The standard InChI is InChI=1S/C20H18N2O2/c1-12-5-4-6-13(9-12)15-11-22-19-17-14(7-8-21-18(15)17)10-16(23-2)20(19)24-3/h4-11,21H,1-3H3. The molecule has 0 radical (unpaired) electrons. The molecule has 1 aromatic heterocycles. The third-order valence-corrected chi connectivity index (χ3v) is 4.34. The van der Waals surface area contributed by atoms with Crippen molar-refractivity contribution < 1.29 is 9.47 Å². The highest BCUT2D eigenvalue weighted by molar-refractivity contribution is 6.09. The number of ether oxygens (including phenoxy) is 2. The normalized spacial score (nSPS) is 12.1. The monoisotopic (exact) mass is 318 g/mol. The number of aromatic nitrogens is 1. The van der Waals surface area contributed by atoms with Gasteiger partial charge in [0, 0.05) is 23.3 Å². The fourth-order valence-corrected chi connectivity index (χ4v) is 3.24. The Hall–Kier alpha value is -3.01. The summed E-state index contributed by atoms with van der Waals surface area (Å²) in [6.07, 6.45) is 5.87. The van der Waals surface area contributed by atoms with Crippen LogP contribution in [0.1, 0.15) is 11.1 Å². The van der Waals surface area contributed by atoms with Crippen LogP contribution in [0.25, 0.3) is 28.1 Å². The maximum absolute atomic E-state index is 5.55. The molecule has 0 saturated heterocycles. The average Bonchev–Trinajstić information content (AvgIpc) is 2.61. The lowest BCUT2D eigenvalue weighted by Crippen LogP contribution is -2.03. The van der Waals surface area contributed by atoms with Crippen LogP contribution >= 0.6 is 0 Å². The third-order valence-electron chi connectivity index (χ3n) is 4.34. The van der Waals surface area contributed by atoms with Gasteiger partial charge in [0.1, 0.15) is 5.52 Å². The molecule has 0 unspecified atom stereocenters. The SMILES string of the molecule is COc1cc2c3c(c(-c4cccc(C)c4)cnc3c1OC)NC=C2. The van der Waals surface area contributed by atoms with Gasteiger partial charge >= 0.3 is 0 Å². The fraction of sp³-hybridized carbons (Fsp3) is 0.150. The van der Waals surface area contributed by atoms with Gasteiger partial charge in [-0.05, 0) is 30.2 Å². The molecular formula is C20H18N2O2. The Balaban J connectivity index is 2.07. The highest BCUT2D eigenvalue weighted by Crippen LogP contribution is 2.44. The highest BCUT2D eigenvalue weighted by atomic mass is 16.5. The van der Waals surface area contributed by atoms with Crippen LogP contribution in [0.3, 0.4) is 0 Å². The molecule has 2 aromatic carbocycles. The van der Waals surface area contributed by atoms with E-state index in [1.165, 1.54) is 5.56 Å². The van der Waals surface area contributed by atoms with E-state index in [1.807, 2.05) is 24.5 Å². The van der Waals surface area contributed by atoms with Gasteiger partial charge < -0.3 is 14.8 Å². The molecule has 0 amide bonds. The number of rotatable bonds is 3. The Morgan fingerprint density at radius 3 is 2.71 bits per heavy atom. The first-order valence-electron chi connectivity index (χ1n) is 7.80. The lowest BCUT2D eigenvalue weighted by Gasteiger charge is -2.20. The summed E-state index contributed by atoms with van der Waals surface area (Å²) in [4.78, 5) is 4.69. The maximum atomic E-state index is 5.55. The summed E-state index contributed by atoms with van der Waals surface area (Å²) in [7, 11) is 3.28.